The Labute approximate surface area is 620 Å². The van der Waals surface area contributed by atoms with Gasteiger partial charge in [-0.15, -0.1) is 0 Å². The van der Waals surface area contributed by atoms with Crippen molar-refractivity contribution in [2.75, 3.05) is 39.6 Å². The Bertz CT molecular complexity index is 2310. The fourth-order valence-electron chi connectivity index (χ4n) is 10.8. The molecule has 2 unspecified atom stereocenters. The molecule has 0 saturated carbocycles. The van der Waals surface area contributed by atoms with Gasteiger partial charge in [-0.2, -0.15) is 0 Å². The van der Waals surface area contributed by atoms with Gasteiger partial charge < -0.3 is 33.8 Å². The van der Waals surface area contributed by atoms with Crippen LogP contribution in [-0.2, 0) is 65.4 Å². The van der Waals surface area contributed by atoms with Crippen molar-refractivity contribution in [3.63, 3.8) is 0 Å². The summed E-state index contributed by atoms with van der Waals surface area (Å²) in [4.78, 5) is 73.0. The number of carbonyl (C=O) groups excluding carboxylic acids is 4. The van der Waals surface area contributed by atoms with Crippen molar-refractivity contribution in [3.8, 4) is 0 Å². The number of hydrogen-bond donors (Lipinski definition) is 3. The van der Waals surface area contributed by atoms with E-state index in [1.54, 1.807) is 0 Å². The maximum atomic E-state index is 13.1. The minimum Gasteiger partial charge on any atom is -0.462 e. The molecule has 0 spiro atoms. The van der Waals surface area contributed by atoms with Crippen LogP contribution in [-0.4, -0.2) is 96.7 Å². The van der Waals surface area contributed by atoms with E-state index >= 15 is 0 Å². The third-order valence-corrected chi connectivity index (χ3v) is 18.9. The standard InChI is InChI=1S/C83H146O17P2/c1-5-9-13-17-21-25-29-33-37-38-42-44-48-52-56-60-64-68-81(86)94-74-79(100-83(88)70-66-62-58-54-50-46-41-36-32-28-24-20-16-12-8-4)76-98-102(91,92)96-72-77(84)71-95-101(89,90)97-75-78(99-82(87)69-65-61-57-53-49-45-40-35-31-27-23-19-15-11-7-3)73-93-80(85)67-63-59-55-51-47-43-39-34-30-26-22-18-14-10-6-2/h21-22,25-26,28,32-35,37,39-40,42,44,52,56,77-79,84H,5-20,23-24,27,29-31,36,38,41,43,45-51,53-55,57-76H2,1-4H3,(H,89,90)(H,91,92)/b25-21-,26-22-,32-28-,37-33-,39-34-,40-35-,44-42-,56-52-/t77-,78+,79+/m0/s1. The summed E-state index contributed by atoms with van der Waals surface area (Å²) in [5.41, 5.74) is 0. The molecule has 0 aromatic heterocycles. The topological polar surface area (TPSA) is 237 Å². The Morgan fingerprint density at radius 1 is 0.275 bits per heavy atom. The number of aliphatic hydroxyl groups is 1. The second-order valence-corrected chi connectivity index (χ2v) is 29.9. The summed E-state index contributed by atoms with van der Waals surface area (Å²) in [5.74, 6) is -2.25. The van der Waals surface area contributed by atoms with E-state index in [1.165, 1.54) is 103 Å². The largest absolute Gasteiger partial charge is 0.472 e. The van der Waals surface area contributed by atoms with Crippen LogP contribution in [0.25, 0.3) is 0 Å². The number of phosphoric acid groups is 2. The monoisotopic (exact) mass is 1480 g/mol. The molecule has 3 N–H and O–H groups in total. The SMILES string of the molecule is CCCCC/C=C\C/C=C\C/C=C\C/C=C\CCCC(=O)OC[C@H](COP(=O)(O)OC[C@@H](O)COP(=O)(O)OC[C@@H](COC(=O)CCCCCCC/C=C\C/C=C\CCCCC)OC(=O)CCCCCCC/C=C\CCCCCCCC)OC(=O)CCCCCCCCC/C=C\CCCCCC. The fraction of sp³-hybridized carbons (Fsp3) is 0.759. The molecule has 0 heterocycles. The van der Waals surface area contributed by atoms with E-state index in [-0.39, 0.29) is 25.7 Å². The first-order chi connectivity index (χ1) is 49.7. The number of allylic oxidation sites excluding steroid dienone is 16. The highest BCUT2D eigenvalue weighted by Crippen LogP contribution is 2.45. The lowest BCUT2D eigenvalue weighted by Crippen LogP contribution is -2.30. The predicted octanol–water partition coefficient (Wildman–Crippen LogP) is 23.6. The van der Waals surface area contributed by atoms with E-state index in [0.717, 1.165) is 161 Å². The van der Waals surface area contributed by atoms with Gasteiger partial charge in [0.05, 0.1) is 26.4 Å². The summed E-state index contributed by atoms with van der Waals surface area (Å²) in [6.45, 7) is 4.75. The van der Waals surface area contributed by atoms with Crippen LogP contribution in [0, 0.1) is 0 Å². The number of ether oxygens (including phenoxy) is 4. The van der Waals surface area contributed by atoms with Crippen molar-refractivity contribution in [1.29, 1.82) is 0 Å². The van der Waals surface area contributed by atoms with Crippen LogP contribution in [0.4, 0.5) is 0 Å². The highest BCUT2D eigenvalue weighted by molar-refractivity contribution is 7.47. The third-order valence-electron chi connectivity index (χ3n) is 17.0. The second-order valence-electron chi connectivity index (χ2n) is 27.0. The first-order valence-corrected chi connectivity index (χ1v) is 43.5. The number of phosphoric ester groups is 2. The van der Waals surface area contributed by atoms with Gasteiger partial charge in [-0.3, -0.25) is 37.3 Å². The molecular formula is C83H146O17P2. The maximum Gasteiger partial charge on any atom is 0.472 e. The Morgan fingerprint density at radius 3 is 0.814 bits per heavy atom. The predicted molar refractivity (Wildman–Crippen MR) is 418 cm³/mol. The fourth-order valence-corrected chi connectivity index (χ4v) is 12.3. The van der Waals surface area contributed by atoms with Crippen molar-refractivity contribution in [2.24, 2.45) is 0 Å². The lowest BCUT2D eigenvalue weighted by Gasteiger charge is -2.21. The van der Waals surface area contributed by atoms with E-state index in [1.807, 2.05) is 12.2 Å². The van der Waals surface area contributed by atoms with Crippen LogP contribution in [0.3, 0.4) is 0 Å². The minimum atomic E-state index is -4.99. The molecule has 102 heavy (non-hydrogen) atoms. The molecule has 0 saturated heterocycles. The normalized spacial score (nSPS) is 14.4. The third kappa shape index (κ3) is 74.3. The molecule has 19 heteroatoms. The summed E-state index contributed by atoms with van der Waals surface area (Å²) in [6, 6.07) is 0. The smallest absolute Gasteiger partial charge is 0.462 e. The molecule has 0 aliphatic heterocycles. The Hall–Kier alpha value is -4.02. The van der Waals surface area contributed by atoms with Gasteiger partial charge >= 0.3 is 39.5 Å². The Kier molecular flexibility index (Phi) is 72.3. The number of unbranched alkanes of at least 4 members (excludes halogenated alkanes) is 34. The summed E-state index contributed by atoms with van der Waals surface area (Å²) < 4.78 is 68.6. The van der Waals surface area contributed by atoms with Gasteiger partial charge in [-0.1, -0.05) is 273 Å². The average molecular weight is 1480 g/mol. The highest BCUT2D eigenvalue weighted by atomic mass is 31.2. The quantitative estimate of drug-likeness (QED) is 0.0169. The summed E-state index contributed by atoms with van der Waals surface area (Å²) in [6.07, 6.45) is 79.5. The van der Waals surface area contributed by atoms with Gasteiger partial charge in [-0.05, 0) is 148 Å². The maximum absolute atomic E-state index is 13.1. The highest BCUT2D eigenvalue weighted by Gasteiger charge is 2.30. The van der Waals surface area contributed by atoms with Gasteiger partial charge in [0.15, 0.2) is 12.2 Å². The number of esters is 4. The Balaban J connectivity index is 5.41. The number of hydrogen-bond acceptors (Lipinski definition) is 15. The average Bonchev–Trinajstić information content (AvgIpc) is 0.923. The van der Waals surface area contributed by atoms with E-state index in [4.69, 9.17) is 37.0 Å². The van der Waals surface area contributed by atoms with E-state index in [9.17, 15) is 43.2 Å². The molecule has 0 amide bonds. The van der Waals surface area contributed by atoms with Gasteiger partial charge in [0, 0.05) is 25.7 Å². The number of aliphatic hydroxyl groups excluding tert-OH is 1. The molecule has 0 rings (SSSR count). The molecule has 0 fully saturated rings. The molecule has 0 radical (unpaired) electrons. The van der Waals surface area contributed by atoms with Crippen LogP contribution in [0.15, 0.2) is 97.2 Å². The Morgan fingerprint density at radius 2 is 0.490 bits per heavy atom. The van der Waals surface area contributed by atoms with Crippen LogP contribution < -0.4 is 0 Å². The molecule has 0 aromatic rings. The van der Waals surface area contributed by atoms with E-state index in [0.29, 0.717) is 32.1 Å². The van der Waals surface area contributed by atoms with Gasteiger partial charge in [0.25, 0.3) is 0 Å². The van der Waals surface area contributed by atoms with E-state index in [2.05, 4.69) is 113 Å². The van der Waals surface area contributed by atoms with Crippen molar-refractivity contribution in [2.45, 2.75) is 367 Å². The zero-order chi connectivity index (χ0) is 74.6. The molecule has 0 bridgehead atoms. The summed E-state index contributed by atoms with van der Waals surface area (Å²) >= 11 is 0. The molecule has 590 valence electrons. The molecular weight excluding hydrogens is 1330 g/mol. The first kappa shape index (κ1) is 98.0. The van der Waals surface area contributed by atoms with Crippen molar-refractivity contribution in [1.82, 2.24) is 0 Å². The first-order valence-electron chi connectivity index (χ1n) is 40.5. The molecule has 17 nitrogen and oxygen atoms in total. The molecule has 0 aromatic carbocycles. The van der Waals surface area contributed by atoms with Gasteiger partial charge in [0.2, 0.25) is 0 Å². The van der Waals surface area contributed by atoms with Crippen molar-refractivity contribution in [3.05, 3.63) is 97.2 Å². The van der Waals surface area contributed by atoms with Crippen LogP contribution in [0.1, 0.15) is 349 Å². The minimum absolute atomic E-state index is 0.0785. The number of rotatable bonds is 76. The molecule has 0 aliphatic rings. The molecule has 0 aliphatic carbocycles. The second kappa shape index (κ2) is 75.2. The van der Waals surface area contributed by atoms with Crippen LogP contribution >= 0.6 is 15.6 Å². The van der Waals surface area contributed by atoms with Crippen LogP contribution in [0.5, 0.6) is 0 Å². The zero-order valence-corrected chi connectivity index (χ0v) is 66.3. The lowest BCUT2D eigenvalue weighted by atomic mass is 10.1. The van der Waals surface area contributed by atoms with Gasteiger partial charge in [0.1, 0.15) is 19.3 Å². The molecule has 5 atom stereocenters. The van der Waals surface area contributed by atoms with Crippen molar-refractivity contribution < 1.29 is 80.2 Å². The summed E-state index contributed by atoms with van der Waals surface area (Å²) in [5, 5.41) is 10.6. The van der Waals surface area contributed by atoms with Crippen LogP contribution in [0.2, 0.25) is 0 Å². The lowest BCUT2D eigenvalue weighted by molar-refractivity contribution is -0.161. The van der Waals surface area contributed by atoms with Gasteiger partial charge in [-0.25, -0.2) is 9.13 Å². The number of carbonyl (C=O) groups is 4. The van der Waals surface area contributed by atoms with Crippen molar-refractivity contribution >= 4 is 39.5 Å². The zero-order valence-electron chi connectivity index (χ0n) is 64.5. The summed E-state index contributed by atoms with van der Waals surface area (Å²) in [7, 11) is -9.97. The van der Waals surface area contributed by atoms with E-state index < -0.39 is 97.5 Å².